The van der Waals surface area contributed by atoms with Crippen LogP contribution in [0.1, 0.15) is 17.5 Å². The highest BCUT2D eigenvalue weighted by atomic mass is 35.5. The number of allylic oxidation sites excluding steroid dienone is 1. The van der Waals surface area contributed by atoms with Crippen LogP contribution < -0.4 is 4.90 Å². The van der Waals surface area contributed by atoms with Crippen molar-refractivity contribution < 1.29 is 4.79 Å². The predicted octanol–water partition coefficient (Wildman–Crippen LogP) is 4.47. The summed E-state index contributed by atoms with van der Waals surface area (Å²) in [4.78, 5) is 14.9. The summed E-state index contributed by atoms with van der Waals surface area (Å²) in [5.41, 5.74) is 3.61. The van der Waals surface area contributed by atoms with E-state index in [0.717, 1.165) is 23.4 Å². The molecule has 1 aliphatic heterocycles. The topological polar surface area (TPSA) is 20.3 Å². The summed E-state index contributed by atoms with van der Waals surface area (Å²) in [6.45, 7) is 6.21. The van der Waals surface area contributed by atoms with Crippen LogP contribution in [0.2, 0.25) is 5.02 Å². The first-order chi connectivity index (χ1) is 10.5. The summed E-state index contributed by atoms with van der Waals surface area (Å²) < 4.78 is 0. The fraction of sp³-hybridized carbons (Fsp3) is 0.211. The van der Waals surface area contributed by atoms with Gasteiger partial charge in [0.05, 0.1) is 5.41 Å². The highest BCUT2D eigenvalue weighted by molar-refractivity contribution is 6.30. The highest BCUT2D eigenvalue weighted by Gasteiger charge is 2.69. The van der Waals surface area contributed by atoms with Crippen molar-refractivity contribution in [1.82, 2.24) is 0 Å². The van der Waals surface area contributed by atoms with Crippen LogP contribution in [-0.4, -0.2) is 5.91 Å². The third kappa shape index (κ3) is 1.71. The average Bonchev–Trinajstić information content (AvgIpc) is 3.22. The van der Waals surface area contributed by atoms with E-state index in [0.29, 0.717) is 5.02 Å². The molecule has 2 fully saturated rings. The van der Waals surface area contributed by atoms with Gasteiger partial charge in [0, 0.05) is 22.3 Å². The molecule has 0 spiro atoms. The van der Waals surface area contributed by atoms with Crippen molar-refractivity contribution >= 4 is 23.2 Å². The van der Waals surface area contributed by atoms with Crippen molar-refractivity contribution in [2.75, 3.05) is 4.90 Å². The number of amides is 1. The molecule has 4 rings (SSSR count). The molecule has 2 unspecified atom stereocenters. The molecule has 2 aromatic carbocycles. The summed E-state index contributed by atoms with van der Waals surface area (Å²) in [6, 6.07) is 15.6. The molecule has 110 valence electrons. The number of aryl methyl sites for hydroxylation is 1. The van der Waals surface area contributed by atoms with Gasteiger partial charge in [0.2, 0.25) is 5.91 Å². The largest absolute Gasteiger partial charge is 0.284 e. The predicted molar refractivity (Wildman–Crippen MR) is 89.0 cm³/mol. The van der Waals surface area contributed by atoms with Crippen LogP contribution in [-0.2, 0) is 10.2 Å². The molecule has 2 aliphatic rings. The van der Waals surface area contributed by atoms with Crippen molar-refractivity contribution in [2.24, 2.45) is 5.92 Å². The van der Waals surface area contributed by atoms with Crippen LogP contribution in [0.3, 0.4) is 0 Å². The van der Waals surface area contributed by atoms with Crippen molar-refractivity contribution in [2.45, 2.75) is 18.8 Å². The van der Waals surface area contributed by atoms with Crippen LogP contribution in [0, 0.1) is 12.8 Å². The zero-order chi connectivity index (χ0) is 15.5. The minimum absolute atomic E-state index is 0.133. The minimum Gasteiger partial charge on any atom is -0.284 e. The van der Waals surface area contributed by atoms with Gasteiger partial charge in [-0.05, 0) is 43.2 Å². The van der Waals surface area contributed by atoms with Gasteiger partial charge < -0.3 is 0 Å². The van der Waals surface area contributed by atoms with Crippen molar-refractivity contribution in [1.29, 1.82) is 0 Å². The monoisotopic (exact) mass is 309 g/mol. The fourth-order valence-corrected chi connectivity index (χ4v) is 3.68. The SMILES string of the molecule is C=C1C2CC2(c2ccc(Cl)cc2)C(=O)N1c1ccc(C)cc1. The summed E-state index contributed by atoms with van der Waals surface area (Å²) in [5.74, 6) is 0.344. The van der Waals surface area contributed by atoms with Gasteiger partial charge in [0.1, 0.15) is 0 Å². The Balaban J connectivity index is 1.74. The van der Waals surface area contributed by atoms with Gasteiger partial charge in [-0.15, -0.1) is 0 Å². The highest BCUT2D eigenvalue weighted by Crippen LogP contribution is 2.64. The number of piperidine rings is 1. The molecule has 1 saturated carbocycles. The molecule has 22 heavy (non-hydrogen) atoms. The second-order valence-electron chi connectivity index (χ2n) is 6.20. The van der Waals surface area contributed by atoms with Crippen molar-refractivity contribution in [3.63, 3.8) is 0 Å². The van der Waals surface area contributed by atoms with Crippen LogP contribution >= 0.6 is 11.6 Å². The number of carbonyl (C=O) groups is 1. The Hall–Kier alpha value is -2.06. The first-order valence-electron chi connectivity index (χ1n) is 7.40. The van der Waals surface area contributed by atoms with Gasteiger partial charge >= 0.3 is 0 Å². The van der Waals surface area contributed by atoms with E-state index in [1.807, 2.05) is 55.5 Å². The lowest BCUT2D eigenvalue weighted by atomic mass is 9.94. The molecule has 0 aromatic heterocycles. The molecule has 2 aromatic rings. The minimum atomic E-state index is -0.424. The van der Waals surface area contributed by atoms with Crippen LogP contribution in [0.25, 0.3) is 0 Å². The smallest absolute Gasteiger partial charge is 0.242 e. The molecule has 1 aliphatic carbocycles. The second kappa shape index (κ2) is 4.47. The molecule has 2 nitrogen and oxygen atoms in total. The van der Waals surface area contributed by atoms with Crippen molar-refractivity contribution in [3.05, 3.63) is 77.0 Å². The molecule has 3 heteroatoms. The van der Waals surface area contributed by atoms with Crippen LogP contribution in [0.4, 0.5) is 5.69 Å². The van der Waals surface area contributed by atoms with E-state index in [9.17, 15) is 4.79 Å². The van der Waals surface area contributed by atoms with E-state index in [1.54, 1.807) is 4.90 Å². The van der Waals surface area contributed by atoms with Gasteiger partial charge in [-0.2, -0.15) is 0 Å². The number of anilines is 1. The molecular formula is C19H16ClNO. The van der Waals surface area contributed by atoms with E-state index in [2.05, 4.69) is 6.58 Å². The molecule has 2 atom stereocenters. The third-order valence-electron chi connectivity index (χ3n) is 4.89. The number of hydrogen-bond acceptors (Lipinski definition) is 1. The lowest BCUT2D eigenvalue weighted by Crippen LogP contribution is -2.32. The molecule has 0 bridgehead atoms. The Labute approximate surface area is 135 Å². The quantitative estimate of drug-likeness (QED) is 0.801. The molecule has 0 radical (unpaired) electrons. The normalized spacial score (nSPS) is 26.3. The molecule has 1 amide bonds. The standard InChI is InChI=1S/C19H16ClNO/c1-12-3-9-16(10-4-12)21-13(2)17-11-19(17,18(21)22)14-5-7-15(20)8-6-14/h3-10,17H,2,11H2,1H3. The van der Waals surface area contributed by atoms with E-state index in [4.69, 9.17) is 11.6 Å². The van der Waals surface area contributed by atoms with E-state index < -0.39 is 5.41 Å². The molecule has 0 N–H and O–H groups in total. The van der Waals surface area contributed by atoms with E-state index >= 15 is 0 Å². The van der Waals surface area contributed by atoms with Gasteiger partial charge in [0.25, 0.3) is 0 Å². The zero-order valence-corrected chi connectivity index (χ0v) is 13.1. The number of fused-ring (bicyclic) bond motifs is 1. The zero-order valence-electron chi connectivity index (χ0n) is 12.3. The number of benzene rings is 2. The van der Waals surface area contributed by atoms with Crippen molar-refractivity contribution in [3.8, 4) is 0 Å². The lowest BCUT2D eigenvalue weighted by molar-refractivity contribution is -0.119. The first-order valence-corrected chi connectivity index (χ1v) is 7.78. The number of nitrogens with zero attached hydrogens (tertiary/aromatic N) is 1. The maximum Gasteiger partial charge on any atom is 0.242 e. The molecular weight excluding hydrogens is 294 g/mol. The van der Waals surface area contributed by atoms with E-state index in [1.165, 1.54) is 5.56 Å². The maximum absolute atomic E-state index is 13.1. The van der Waals surface area contributed by atoms with Crippen LogP contribution in [0.5, 0.6) is 0 Å². The summed E-state index contributed by atoms with van der Waals surface area (Å²) in [6.07, 6.45) is 0.856. The Morgan fingerprint density at radius 1 is 1.14 bits per heavy atom. The Morgan fingerprint density at radius 2 is 1.77 bits per heavy atom. The number of carbonyl (C=O) groups excluding carboxylic acids is 1. The average molecular weight is 310 g/mol. The Morgan fingerprint density at radius 3 is 2.41 bits per heavy atom. The van der Waals surface area contributed by atoms with Crippen LogP contribution in [0.15, 0.2) is 60.8 Å². The third-order valence-corrected chi connectivity index (χ3v) is 5.14. The second-order valence-corrected chi connectivity index (χ2v) is 6.64. The Bertz CT molecular complexity index is 778. The fourth-order valence-electron chi connectivity index (χ4n) is 3.55. The maximum atomic E-state index is 13.1. The summed E-state index contributed by atoms with van der Waals surface area (Å²) in [7, 11) is 0. The van der Waals surface area contributed by atoms with Gasteiger partial charge in [-0.1, -0.05) is 48.0 Å². The van der Waals surface area contributed by atoms with Gasteiger partial charge in [0.15, 0.2) is 0 Å². The van der Waals surface area contributed by atoms with E-state index in [-0.39, 0.29) is 11.8 Å². The van der Waals surface area contributed by atoms with Gasteiger partial charge in [-0.25, -0.2) is 0 Å². The lowest BCUT2D eigenvalue weighted by Gasteiger charge is -2.22. The number of rotatable bonds is 2. The number of hydrogen-bond donors (Lipinski definition) is 0. The Kier molecular flexibility index (Phi) is 2.76. The number of halogens is 1. The summed E-state index contributed by atoms with van der Waals surface area (Å²) >= 11 is 5.97. The summed E-state index contributed by atoms with van der Waals surface area (Å²) in [5, 5.41) is 0.692. The molecule has 1 saturated heterocycles. The molecule has 1 heterocycles. The van der Waals surface area contributed by atoms with Gasteiger partial charge in [-0.3, -0.25) is 9.69 Å². The first kappa shape index (κ1) is 13.6.